The molecule has 0 aliphatic heterocycles. The van der Waals surface area contributed by atoms with E-state index in [1.165, 1.54) is 0 Å². The van der Waals surface area contributed by atoms with Gasteiger partial charge in [-0.3, -0.25) is 5.32 Å². The van der Waals surface area contributed by atoms with E-state index in [4.69, 9.17) is 0 Å². The second kappa shape index (κ2) is 5.75. The van der Waals surface area contributed by atoms with Crippen LogP contribution in [0.5, 0.6) is 0 Å². The first kappa shape index (κ1) is 13.6. The fraction of sp³-hybridized carbons (Fsp3) is 0.750. The minimum absolute atomic E-state index is 0.00825. The lowest BCUT2D eigenvalue weighted by molar-refractivity contribution is 0.0868. The van der Waals surface area contributed by atoms with E-state index in [1.807, 2.05) is 12.3 Å². The minimum Gasteiger partial charge on any atom is -0.373 e. The molecule has 2 unspecified atom stereocenters. The lowest BCUT2D eigenvalue weighted by atomic mass is 9.93. The van der Waals surface area contributed by atoms with Crippen LogP contribution < -0.4 is 5.32 Å². The van der Waals surface area contributed by atoms with Crippen molar-refractivity contribution in [2.75, 3.05) is 0 Å². The van der Waals surface area contributed by atoms with Crippen molar-refractivity contribution in [2.45, 2.75) is 58.7 Å². The molecule has 16 heavy (non-hydrogen) atoms. The summed E-state index contributed by atoms with van der Waals surface area (Å²) in [4.78, 5) is 4.30. The van der Waals surface area contributed by atoms with Crippen LogP contribution in [0.4, 0.5) is 0 Å². The van der Waals surface area contributed by atoms with E-state index in [0.29, 0.717) is 0 Å². The van der Waals surface area contributed by atoms with Gasteiger partial charge in [0.05, 0.1) is 10.7 Å². The Labute approximate surface area is 102 Å². The van der Waals surface area contributed by atoms with Crippen molar-refractivity contribution in [1.29, 1.82) is 0 Å². The van der Waals surface area contributed by atoms with Crippen LogP contribution in [0.15, 0.2) is 5.38 Å². The Balaban J connectivity index is 2.65. The maximum Gasteiger partial charge on any atom is 0.149 e. The fourth-order valence-corrected chi connectivity index (χ4v) is 2.44. The number of nitrogens with zero attached hydrogens (tertiary/aromatic N) is 1. The van der Waals surface area contributed by atoms with Gasteiger partial charge in [0.1, 0.15) is 6.23 Å². The van der Waals surface area contributed by atoms with Gasteiger partial charge in [0.25, 0.3) is 0 Å². The Morgan fingerprint density at radius 1 is 1.56 bits per heavy atom. The molecule has 0 spiro atoms. The van der Waals surface area contributed by atoms with Gasteiger partial charge in [-0.25, -0.2) is 4.98 Å². The Hall–Kier alpha value is -0.450. The summed E-state index contributed by atoms with van der Waals surface area (Å²) >= 11 is 1.57. The van der Waals surface area contributed by atoms with E-state index in [1.54, 1.807) is 11.3 Å². The number of aryl methyl sites for hydroxylation is 1. The van der Waals surface area contributed by atoms with Crippen molar-refractivity contribution in [2.24, 2.45) is 0 Å². The summed E-state index contributed by atoms with van der Waals surface area (Å²) in [5, 5.41) is 16.2. The molecule has 1 aromatic heterocycles. The van der Waals surface area contributed by atoms with E-state index in [0.717, 1.165) is 30.0 Å². The molecule has 0 saturated carbocycles. The number of aromatic nitrogens is 1. The highest BCUT2D eigenvalue weighted by Gasteiger charge is 2.25. The summed E-state index contributed by atoms with van der Waals surface area (Å²) < 4.78 is 0. The van der Waals surface area contributed by atoms with Gasteiger partial charge in [0.15, 0.2) is 0 Å². The second-order valence-electron chi connectivity index (χ2n) is 4.50. The predicted molar refractivity (Wildman–Crippen MR) is 68.6 cm³/mol. The first-order valence-corrected chi connectivity index (χ1v) is 6.76. The first-order chi connectivity index (χ1) is 7.50. The highest BCUT2D eigenvalue weighted by atomic mass is 32.1. The number of aliphatic hydroxyl groups is 1. The number of hydrogen-bond donors (Lipinski definition) is 2. The monoisotopic (exact) mass is 242 g/mol. The lowest BCUT2D eigenvalue weighted by Crippen LogP contribution is -2.43. The van der Waals surface area contributed by atoms with Crippen LogP contribution >= 0.6 is 11.3 Å². The molecule has 4 heteroatoms. The van der Waals surface area contributed by atoms with Gasteiger partial charge < -0.3 is 5.11 Å². The van der Waals surface area contributed by atoms with Gasteiger partial charge in [-0.2, -0.15) is 0 Å². The second-order valence-corrected chi connectivity index (χ2v) is 5.56. The molecule has 2 atom stereocenters. The Morgan fingerprint density at radius 2 is 2.25 bits per heavy atom. The Kier molecular flexibility index (Phi) is 4.89. The molecular weight excluding hydrogens is 220 g/mol. The van der Waals surface area contributed by atoms with Gasteiger partial charge in [-0.15, -0.1) is 11.3 Å². The molecule has 3 nitrogen and oxygen atoms in total. The number of rotatable bonds is 6. The van der Waals surface area contributed by atoms with Crippen molar-refractivity contribution in [3.05, 3.63) is 16.1 Å². The maximum absolute atomic E-state index is 10.1. The zero-order valence-corrected chi connectivity index (χ0v) is 11.4. The zero-order chi connectivity index (χ0) is 12.2. The fourth-order valence-electron chi connectivity index (χ4n) is 1.81. The summed E-state index contributed by atoms with van der Waals surface area (Å²) in [6, 6.07) is 0. The molecule has 0 amide bonds. The molecule has 0 bridgehead atoms. The molecular formula is C12H22N2OS. The molecule has 0 saturated heterocycles. The van der Waals surface area contributed by atoms with Gasteiger partial charge in [0, 0.05) is 10.9 Å². The summed E-state index contributed by atoms with van der Waals surface area (Å²) in [6.07, 6.45) is 2.52. The van der Waals surface area contributed by atoms with Gasteiger partial charge >= 0.3 is 0 Å². The molecule has 0 aromatic carbocycles. The van der Waals surface area contributed by atoms with Gasteiger partial charge in [0.2, 0.25) is 0 Å². The molecule has 92 valence electrons. The Bertz CT molecular complexity index is 327. The third kappa shape index (κ3) is 3.54. The molecule has 0 aliphatic carbocycles. The summed E-state index contributed by atoms with van der Waals surface area (Å²) in [6.45, 7) is 8.40. The van der Waals surface area contributed by atoms with E-state index in [2.05, 4.69) is 31.1 Å². The van der Waals surface area contributed by atoms with Crippen LogP contribution in [0, 0.1) is 6.92 Å². The van der Waals surface area contributed by atoms with Crippen LogP contribution in [0.25, 0.3) is 0 Å². The molecule has 1 heterocycles. The van der Waals surface area contributed by atoms with E-state index < -0.39 is 6.23 Å². The zero-order valence-electron chi connectivity index (χ0n) is 10.6. The van der Waals surface area contributed by atoms with Crippen LogP contribution in [0.1, 0.15) is 57.0 Å². The number of nitrogens with one attached hydrogen (secondary N) is 1. The standard InChI is InChI=1S/C12H22N2OS/c1-5-7-12(4,6-2)14-11(15)10-8-16-9(3)13-10/h8,11,14-15H,5-7H2,1-4H3. The van der Waals surface area contributed by atoms with Crippen LogP contribution in [-0.4, -0.2) is 15.6 Å². The Morgan fingerprint density at radius 3 is 2.69 bits per heavy atom. The normalized spacial score (nSPS) is 17.1. The quantitative estimate of drug-likeness (QED) is 0.754. The van der Waals surface area contributed by atoms with Crippen LogP contribution in [0.3, 0.4) is 0 Å². The minimum atomic E-state index is -0.651. The van der Waals surface area contributed by atoms with E-state index >= 15 is 0 Å². The SMILES string of the molecule is CCCC(C)(CC)NC(O)c1csc(C)n1. The highest BCUT2D eigenvalue weighted by molar-refractivity contribution is 7.09. The van der Waals surface area contributed by atoms with Gasteiger partial charge in [-0.1, -0.05) is 20.3 Å². The van der Waals surface area contributed by atoms with Crippen molar-refractivity contribution in [3.8, 4) is 0 Å². The average molecular weight is 242 g/mol. The van der Waals surface area contributed by atoms with E-state index in [-0.39, 0.29) is 5.54 Å². The molecule has 1 aromatic rings. The first-order valence-electron chi connectivity index (χ1n) is 5.88. The molecule has 0 fully saturated rings. The molecule has 1 rings (SSSR count). The molecule has 0 radical (unpaired) electrons. The van der Waals surface area contributed by atoms with Gasteiger partial charge in [-0.05, 0) is 26.7 Å². The largest absolute Gasteiger partial charge is 0.373 e. The van der Waals surface area contributed by atoms with Crippen LogP contribution in [-0.2, 0) is 0 Å². The highest BCUT2D eigenvalue weighted by Crippen LogP contribution is 2.22. The van der Waals surface area contributed by atoms with Crippen molar-refractivity contribution < 1.29 is 5.11 Å². The average Bonchev–Trinajstić information content (AvgIpc) is 2.65. The lowest BCUT2D eigenvalue weighted by Gasteiger charge is -2.31. The van der Waals surface area contributed by atoms with Crippen molar-refractivity contribution in [3.63, 3.8) is 0 Å². The van der Waals surface area contributed by atoms with E-state index in [9.17, 15) is 5.11 Å². The number of aliphatic hydroxyl groups excluding tert-OH is 1. The number of thiazole rings is 1. The van der Waals surface area contributed by atoms with Crippen molar-refractivity contribution >= 4 is 11.3 Å². The van der Waals surface area contributed by atoms with Crippen LogP contribution in [0.2, 0.25) is 0 Å². The smallest absolute Gasteiger partial charge is 0.149 e. The summed E-state index contributed by atoms with van der Waals surface area (Å²) in [5.41, 5.74) is 0.726. The molecule has 0 aliphatic rings. The number of hydrogen-bond acceptors (Lipinski definition) is 4. The topological polar surface area (TPSA) is 45.1 Å². The predicted octanol–water partition coefficient (Wildman–Crippen LogP) is 3.00. The maximum atomic E-state index is 10.1. The summed E-state index contributed by atoms with van der Waals surface area (Å²) in [7, 11) is 0. The third-order valence-corrected chi connectivity index (χ3v) is 3.78. The van der Waals surface area contributed by atoms with Crippen molar-refractivity contribution in [1.82, 2.24) is 10.3 Å². The third-order valence-electron chi connectivity index (χ3n) is 2.98. The molecule has 2 N–H and O–H groups in total. The summed E-state index contributed by atoms with van der Waals surface area (Å²) in [5.74, 6) is 0.